The molecule has 1 heterocycles. The van der Waals surface area contributed by atoms with Crippen LogP contribution in [0.3, 0.4) is 0 Å². The van der Waals surface area contributed by atoms with Crippen molar-refractivity contribution in [3.05, 3.63) is 66.6 Å². The van der Waals surface area contributed by atoms with Crippen LogP contribution in [0.2, 0.25) is 0 Å². The zero-order chi connectivity index (χ0) is 18.7. The van der Waals surface area contributed by atoms with E-state index in [1.807, 2.05) is 36.4 Å². The lowest BCUT2D eigenvalue weighted by Gasteiger charge is -2.09. The number of pyridine rings is 1. The summed E-state index contributed by atoms with van der Waals surface area (Å²) in [5.41, 5.74) is 0.368. The number of hydrogen-bond acceptors (Lipinski definition) is 3. The lowest BCUT2D eigenvalue weighted by molar-refractivity contribution is 0.298. The number of fused-ring (bicyclic) bond motifs is 1. The highest BCUT2D eigenvalue weighted by atomic mass is 19.1. The summed E-state index contributed by atoms with van der Waals surface area (Å²) in [5.74, 6) is 1.34. The largest absolute Gasteiger partial charge is 0.494 e. The summed E-state index contributed by atoms with van der Waals surface area (Å²) in [7, 11) is 0. The molecular weight excluding hydrogens is 341 g/mol. The zero-order valence-electron chi connectivity index (χ0n) is 15.6. The first-order chi connectivity index (χ1) is 13.3. The van der Waals surface area contributed by atoms with Gasteiger partial charge in [-0.05, 0) is 43.2 Å². The van der Waals surface area contributed by atoms with Gasteiger partial charge < -0.3 is 9.47 Å². The standard InChI is InChI=1S/C23H26FNO2/c24-21-14-10-13-20-22(15-16-25-23(20)21)27-18-9-4-2-1-3-8-17-26-19-11-6-5-7-12-19/h5-7,10-16H,1-4,8-9,17-18H2. The molecule has 0 aliphatic carbocycles. The van der Waals surface area contributed by atoms with E-state index in [2.05, 4.69) is 4.98 Å². The van der Waals surface area contributed by atoms with E-state index in [9.17, 15) is 4.39 Å². The molecule has 3 rings (SSSR count). The van der Waals surface area contributed by atoms with E-state index in [1.165, 1.54) is 25.3 Å². The maximum Gasteiger partial charge on any atom is 0.149 e. The molecule has 0 atom stereocenters. The second-order valence-corrected chi connectivity index (χ2v) is 6.58. The molecule has 0 saturated carbocycles. The van der Waals surface area contributed by atoms with Gasteiger partial charge in [0.25, 0.3) is 0 Å². The minimum atomic E-state index is -0.311. The Morgan fingerprint density at radius 2 is 1.41 bits per heavy atom. The van der Waals surface area contributed by atoms with E-state index < -0.39 is 0 Å². The number of para-hydroxylation sites is 2. The first kappa shape index (κ1) is 19.2. The molecular formula is C23H26FNO2. The molecule has 0 radical (unpaired) electrons. The fraction of sp³-hybridized carbons (Fsp3) is 0.348. The van der Waals surface area contributed by atoms with E-state index in [4.69, 9.17) is 9.47 Å². The van der Waals surface area contributed by atoms with Crippen LogP contribution in [0.15, 0.2) is 60.8 Å². The topological polar surface area (TPSA) is 31.4 Å². The molecule has 0 N–H and O–H groups in total. The smallest absolute Gasteiger partial charge is 0.149 e. The van der Waals surface area contributed by atoms with Gasteiger partial charge in [-0.15, -0.1) is 0 Å². The molecule has 3 nitrogen and oxygen atoms in total. The van der Waals surface area contributed by atoms with Crippen LogP contribution in [0.4, 0.5) is 4.39 Å². The van der Waals surface area contributed by atoms with Crippen molar-refractivity contribution in [2.24, 2.45) is 0 Å². The third-order valence-corrected chi connectivity index (χ3v) is 4.49. The molecule has 0 unspecified atom stereocenters. The van der Waals surface area contributed by atoms with Gasteiger partial charge in [-0.25, -0.2) is 4.39 Å². The van der Waals surface area contributed by atoms with Gasteiger partial charge in [0.1, 0.15) is 22.8 Å². The Bertz CT molecular complexity index is 823. The second kappa shape index (κ2) is 10.5. The van der Waals surface area contributed by atoms with E-state index in [1.54, 1.807) is 18.3 Å². The third kappa shape index (κ3) is 5.95. The van der Waals surface area contributed by atoms with Crippen LogP contribution in [-0.2, 0) is 0 Å². The van der Waals surface area contributed by atoms with Crippen LogP contribution < -0.4 is 9.47 Å². The monoisotopic (exact) mass is 367 g/mol. The molecule has 0 bridgehead atoms. The van der Waals surface area contributed by atoms with Crippen molar-refractivity contribution >= 4 is 10.9 Å². The third-order valence-electron chi connectivity index (χ3n) is 4.49. The zero-order valence-corrected chi connectivity index (χ0v) is 15.6. The number of benzene rings is 2. The fourth-order valence-electron chi connectivity index (χ4n) is 3.04. The molecule has 0 spiro atoms. The number of nitrogens with zero attached hydrogens (tertiary/aromatic N) is 1. The first-order valence-corrected chi connectivity index (χ1v) is 9.68. The van der Waals surface area contributed by atoms with Crippen molar-refractivity contribution in [2.75, 3.05) is 13.2 Å². The van der Waals surface area contributed by atoms with Gasteiger partial charge in [0.2, 0.25) is 0 Å². The Hall–Kier alpha value is -2.62. The quantitative estimate of drug-likeness (QED) is 0.380. The van der Waals surface area contributed by atoms with Gasteiger partial charge in [-0.3, -0.25) is 4.98 Å². The van der Waals surface area contributed by atoms with Gasteiger partial charge in [-0.1, -0.05) is 49.9 Å². The normalized spacial score (nSPS) is 10.9. The number of halogens is 1. The Morgan fingerprint density at radius 1 is 0.704 bits per heavy atom. The summed E-state index contributed by atoms with van der Waals surface area (Å²) < 4.78 is 25.3. The van der Waals surface area contributed by atoms with E-state index in [0.29, 0.717) is 17.9 Å². The first-order valence-electron chi connectivity index (χ1n) is 9.68. The maximum absolute atomic E-state index is 13.8. The van der Waals surface area contributed by atoms with Crippen LogP contribution in [0.5, 0.6) is 11.5 Å². The predicted octanol–water partition coefficient (Wildman–Crippen LogP) is 6.17. The average molecular weight is 367 g/mol. The maximum atomic E-state index is 13.8. The Balaban J connectivity index is 1.26. The second-order valence-electron chi connectivity index (χ2n) is 6.58. The van der Waals surface area contributed by atoms with Crippen LogP contribution in [0.25, 0.3) is 10.9 Å². The minimum absolute atomic E-state index is 0.311. The highest BCUT2D eigenvalue weighted by molar-refractivity contribution is 5.85. The Kier molecular flexibility index (Phi) is 7.45. The summed E-state index contributed by atoms with van der Waals surface area (Å²) in [6.45, 7) is 1.42. The summed E-state index contributed by atoms with van der Waals surface area (Å²) in [4.78, 5) is 4.09. The fourth-order valence-corrected chi connectivity index (χ4v) is 3.04. The van der Waals surface area contributed by atoms with Crippen molar-refractivity contribution in [3.8, 4) is 11.5 Å². The number of ether oxygens (including phenoxy) is 2. The molecule has 2 aromatic carbocycles. The predicted molar refractivity (Wildman–Crippen MR) is 107 cm³/mol. The summed E-state index contributed by atoms with van der Waals surface area (Å²) >= 11 is 0. The molecule has 27 heavy (non-hydrogen) atoms. The van der Waals surface area contributed by atoms with Crippen LogP contribution in [0, 0.1) is 5.82 Å². The molecule has 0 aliphatic rings. The Labute approximate surface area is 160 Å². The molecule has 0 amide bonds. The number of rotatable bonds is 11. The Morgan fingerprint density at radius 3 is 2.19 bits per heavy atom. The van der Waals surface area contributed by atoms with Crippen LogP contribution in [-0.4, -0.2) is 18.2 Å². The van der Waals surface area contributed by atoms with E-state index in [0.717, 1.165) is 37.0 Å². The molecule has 0 saturated heterocycles. The van der Waals surface area contributed by atoms with Gasteiger partial charge in [0.15, 0.2) is 0 Å². The molecule has 0 fully saturated rings. The summed E-state index contributed by atoms with van der Waals surface area (Å²) in [6, 6.07) is 16.7. The van der Waals surface area contributed by atoms with Crippen molar-refractivity contribution in [1.82, 2.24) is 4.98 Å². The summed E-state index contributed by atoms with van der Waals surface area (Å²) in [6.07, 6.45) is 8.40. The van der Waals surface area contributed by atoms with E-state index in [-0.39, 0.29) is 5.82 Å². The van der Waals surface area contributed by atoms with Crippen LogP contribution in [0.1, 0.15) is 38.5 Å². The van der Waals surface area contributed by atoms with Crippen LogP contribution >= 0.6 is 0 Å². The van der Waals surface area contributed by atoms with Crippen molar-refractivity contribution in [3.63, 3.8) is 0 Å². The minimum Gasteiger partial charge on any atom is -0.494 e. The lowest BCUT2D eigenvalue weighted by Crippen LogP contribution is -1.99. The highest BCUT2D eigenvalue weighted by Crippen LogP contribution is 2.25. The summed E-state index contributed by atoms with van der Waals surface area (Å²) in [5, 5.41) is 0.732. The number of unbranched alkanes of at least 4 members (excludes halogenated alkanes) is 5. The lowest BCUT2D eigenvalue weighted by atomic mass is 10.1. The highest BCUT2D eigenvalue weighted by Gasteiger charge is 2.06. The van der Waals surface area contributed by atoms with Crippen molar-refractivity contribution in [2.45, 2.75) is 38.5 Å². The average Bonchev–Trinajstić information content (AvgIpc) is 2.71. The molecule has 3 aromatic rings. The number of hydrogen-bond donors (Lipinski definition) is 0. The van der Waals surface area contributed by atoms with Crippen molar-refractivity contribution in [1.29, 1.82) is 0 Å². The molecule has 0 aliphatic heterocycles. The molecule has 142 valence electrons. The van der Waals surface area contributed by atoms with Gasteiger partial charge in [0, 0.05) is 11.6 Å². The van der Waals surface area contributed by atoms with E-state index >= 15 is 0 Å². The number of aromatic nitrogens is 1. The van der Waals surface area contributed by atoms with Gasteiger partial charge in [-0.2, -0.15) is 0 Å². The van der Waals surface area contributed by atoms with Gasteiger partial charge >= 0.3 is 0 Å². The molecule has 1 aromatic heterocycles. The van der Waals surface area contributed by atoms with Gasteiger partial charge in [0.05, 0.1) is 13.2 Å². The molecule has 4 heteroatoms. The SMILES string of the molecule is Fc1cccc2c(OCCCCCCCCOc3ccccc3)ccnc12. The van der Waals surface area contributed by atoms with Crippen molar-refractivity contribution < 1.29 is 13.9 Å².